The van der Waals surface area contributed by atoms with E-state index in [1.165, 1.54) is 89.9 Å². The minimum absolute atomic E-state index is 0.346. The van der Waals surface area contributed by atoms with E-state index in [0.717, 1.165) is 12.8 Å². The lowest BCUT2D eigenvalue weighted by molar-refractivity contribution is -0.137. The molecule has 0 rings (SSSR count). The second-order valence-electron chi connectivity index (χ2n) is 8.58. The van der Waals surface area contributed by atoms with Crippen molar-refractivity contribution in [1.29, 1.82) is 0 Å². The van der Waals surface area contributed by atoms with Crippen molar-refractivity contribution in [3.8, 4) is 0 Å². The molecule has 0 saturated carbocycles. The molecule has 5 N–H and O–H groups in total. The van der Waals surface area contributed by atoms with Gasteiger partial charge in [-0.3, -0.25) is 4.79 Å². The summed E-state index contributed by atoms with van der Waals surface area (Å²) in [5.74, 6) is -0.652. The molecule has 6 nitrogen and oxygen atoms in total. The van der Waals surface area contributed by atoms with Crippen LogP contribution in [0.4, 0.5) is 0 Å². The molecule has 0 bridgehead atoms. The van der Waals surface area contributed by atoms with Gasteiger partial charge < -0.3 is 25.5 Å². The molecule has 0 atom stereocenters. The zero-order valence-corrected chi connectivity index (χ0v) is 19.5. The number of unbranched alkanes of at least 4 members (excludes halogenated alkanes) is 15. The van der Waals surface area contributed by atoms with Crippen LogP contribution in [0.15, 0.2) is 0 Å². The fraction of sp³-hybridized carbons (Fsp3) is 0.958. The zero-order valence-electron chi connectivity index (χ0n) is 19.5. The summed E-state index contributed by atoms with van der Waals surface area (Å²) >= 11 is 0. The van der Waals surface area contributed by atoms with Gasteiger partial charge in [0.15, 0.2) is 0 Å². The lowest BCUT2D eigenvalue weighted by Gasteiger charge is -2.23. The van der Waals surface area contributed by atoms with Gasteiger partial charge in [0.25, 0.3) is 0 Å². The number of rotatable bonds is 21. The molecule has 182 valence electrons. The summed E-state index contributed by atoms with van der Waals surface area (Å²) in [6.45, 7) is 0.649. The predicted octanol–water partition coefficient (Wildman–Crippen LogP) is 4.66. The van der Waals surface area contributed by atoms with E-state index < -0.39 is 37.8 Å². The fourth-order valence-corrected chi connectivity index (χ4v) is 3.12. The average Bonchev–Trinajstić information content (AvgIpc) is 2.76. The van der Waals surface area contributed by atoms with Crippen molar-refractivity contribution in [3.05, 3.63) is 0 Å². The van der Waals surface area contributed by atoms with Crippen LogP contribution in [0.2, 0.25) is 0 Å². The summed E-state index contributed by atoms with van der Waals surface area (Å²) in [5, 5.41) is 42.5. The van der Waals surface area contributed by atoms with Gasteiger partial charge in [0.2, 0.25) is 0 Å². The van der Waals surface area contributed by atoms with E-state index in [1.807, 2.05) is 0 Å². The normalized spacial score (nSPS) is 11.2. The Morgan fingerprint density at radius 2 is 0.800 bits per heavy atom. The van der Waals surface area contributed by atoms with E-state index in [4.69, 9.17) is 25.5 Å². The number of hydrogen-bond acceptors (Lipinski definition) is 5. The van der Waals surface area contributed by atoms with Gasteiger partial charge in [-0.05, 0) is 6.42 Å². The number of carboxylic acid groups (broad SMARTS) is 1. The predicted molar refractivity (Wildman–Crippen MR) is 123 cm³/mol. The summed E-state index contributed by atoms with van der Waals surface area (Å²) in [4.78, 5) is 10.3. The van der Waals surface area contributed by atoms with Gasteiger partial charge in [-0.2, -0.15) is 0 Å². The monoisotopic (exact) mass is 434 g/mol. The van der Waals surface area contributed by atoms with E-state index >= 15 is 0 Å². The summed E-state index contributed by atoms with van der Waals surface area (Å²) in [6.07, 6.45) is 21.7. The Balaban J connectivity index is 0. The van der Waals surface area contributed by atoms with Crippen molar-refractivity contribution < 1.29 is 30.3 Å². The standard InChI is InChI=1S/C19H38O2.C5H12O4/c1-2-3-4-5-6-7-8-9-10-11-12-13-14-15-16-17-18-19(20)21;6-1-5(2-7,3-8)4-9/h2-18H2,1H3,(H,20,21);6-9H,1-4H2. The zero-order chi connectivity index (χ0) is 22.9. The SMILES string of the molecule is CCCCCCCCCCCCCCCCCCC(=O)O.OCC(CO)(CO)CO. The van der Waals surface area contributed by atoms with Gasteiger partial charge >= 0.3 is 5.97 Å². The average molecular weight is 435 g/mol. The maximum Gasteiger partial charge on any atom is 0.303 e. The molecule has 0 heterocycles. The smallest absolute Gasteiger partial charge is 0.303 e. The maximum atomic E-state index is 10.3. The van der Waals surface area contributed by atoms with Crippen LogP contribution >= 0.6 is 0 Å². The topological polar surface area (TPSA) is 118 Å². The number of aliphatic carboxylic acids is 1. The lowest BCUT2D eigenvalue weighted by Crippen LogP contribution is -2.37. The van der Waals surface area contributed by atoms with Crippen LogP contribution in [0, 0.1) is 5.41 Å². The van der Waals surface area contributed by atoms with E-state index in [1.54, 1.807) is 0 Å². The molecule has 0 spiro atoms. The first-order chi connectivity index (χ1) is 14.5. The van der Waals surface area contributed by atoms with Gasteiger partial charge in [0.05, 0.1) is 31.8 Å². The van der Waals surface area contributed by atoms with E-state index in [9.17, 15) is 4.79 Å². The lowest BCUT2D eigenvalue weighted by atomic mass is 9.93. The van der Waals surface area contributed by atoms with Gasteiger partial charge in [0.1, 0.15) is 0 Å². The first-order valence-corrected chi connectivity index (χ1v) is 12.2. The molecule has 0 aromatic heterocycles. The molecule has 30 heavy (non-hydrogen) atoms. The van der Waals surface area contributed by atoms with Gasteiger partial charge in [-0.1, -0.05) is 103 Å². The van der Waals surface area contributed by atoms with Gasteiger partial charge in [0, 0.05) is 6.42 Å². The highest BCUT2D eigenvalue weighted by Gasteiger charge is 2.26. The maximum absolute atomic E-state index is 10.3. The number of carbonyl (C=O) groups is 1. The Bertz CT molecular complexity index is 327. The molecule has 6 heteroatoms. The third kappa shape index (κ3) is 22.0. The van der Waals surface area contributed by atoms with Crippen LogP contribution in [0.3, 0.4) is 0 Å². The molecule has 0 fully saturated rings. The Morgan fingerprint density at radius 1 is 0.533 bits per heavy atom. The Morgan fingerprint density at radius 3 is 1.00 bits per heavy atom. The summed E-state index contributed by atoms with van der Waals surface area (Å²) < 4.78 is 0. The second-order valence-corrected chi connectivity index (χ2v) is 8.58. The van der Waals surface area contributed by atoms with Crippen LogP contribution < -0.4 is 0 Å². The van der Waals surface area contributed by atoms with Crippen molar-refractivity contribution in [2.75, 3.05) is 26.4 Å². The summed E-state index contributed by atoms with van der Waals surface area (Å²) in [5.41, 5.74) is -1.11. The van der Waals surface area contributed by atoms with Crippen molar-refractivity contribution in [1.82, 2.24) is 0 Å². The molecule has 0 aromatic carbocycles. The second kappa shape index (κ2) is 24.6. The molecule has 0 aromatic rings. The highest BCUT2D eigenvalue weighted by molar-refractivity contribution is 5.66. The van der Waals surface area contributed by atoms with Crippen LogP contribution in [0.1, 0.15) is 116 Å². The largest absolute Gasteiger partial charge is 0.481 e. The highest BCUT2D eigenvalue weighted by Crippen LogP contribution is 2.14. The third-order valence-corrected chi connectivity index (χ3v) is 5.59. The molecule has 0 saturated heterocycles. The fourth-order valence-electron chi connectivity index (χ4n) is 3.12. The van der Waals surface area contributed by atoms with Crippen LogP contribution in [-0.4, -0.2) is 57.9 Å². The number of aliphatic hydroxyl groups excluding tert-OH is 4. The Labute approximate surface area is 184 Å². The third-order valence-electron chi connectivity index (χ3n) is 5.59. The first kappa shape index (κ1) is 31.5. The van der Waals surface area contributed by atoms with Crippen LogP contribution in [0.25, 0.3) is 0 Å². The quantitative estimate of drug-likeness (QED) is 0.168. The summed E-state index contributed by atoms with van der Waals surface area (Å²) in [7, 11) is 0. The Hall–Kier alpha value is -0.690. The highest BCUT2D eigenvalue weighted by atomic mass is 16.4. The van der Waals surface area contributed by atoms with E-state index in [0.29, 0.717) is 6.42 Å². The van der Waals surface area contributed by atoms with Crippen molar-refractivity contribution in [2.45, 2.75) is 116 Å². The molecule has 0 aliphatic rings. The van der Waals surface area contributed by atoms with Gasteiger partial charge in [-0.25, -0.2) is 0 Å². The Kier molecular flexibility index (Phi) is 25.8. The molecule has 0 aliphatic heterocycles. The van der Waals surface area contributed by atoms with Gasteiger partial charge in [-0.15, -0.1) is 0 Å². The van der Waals surface area contributed by atoms with Crippen molar-refractivity contribution in [2.24, 2.45) is 5.41 Å². The molecule has 0 unspecified atom stereocenters. The summed E-state index contributed by atoms with van der Waals surface area (Å²) in [6, 6.07) is 0. The molecule has 0 radical (unpaired) electrons. The minimum atomic E-state index is -1.11. The van der Waals surface area contributed by atoms with Crippen LogP contribution in [0.5, 0.6) is 0 Å². The molecular formula is C24H50O6. The molecule has 0 aliphatic carbocycles. The van der Waals surface area contributed by atoms with E-state index in [-0.39, 0.29) is 0 Å². The first-order valence-electron chi connectivity index (χ1n) is 12.2. The number of hydrogen-bond donors (Lipinski definition) is 5. The van der Waals surface area contributed by atoms with E-state index in [2.05, 4.69) is 6.92 Å². The van der Waals surface area contributed by atoms with Crippen LogP contribution in [-0.2, 0) is 4.79 Å². The molecule has 0 amide bonds. The number of carboxylic acids is 1. The minimum Gasteiger partial charge on any atom is -0.481 e. The molecular weight excluding hydrogens is 384 g/mol. The number of aliphatic hydroxyl groups is 4. The van der Waals surface area contributed by atoms with Crippen molar-refractivity contribution in [3.63, 3.8) is 0 Å². The van der Waals surface area contributed by atoms with Crippen molar-refractivity contribution >= 4 is 5.97 Å².